The lowest BCUT2D eigenvalue weighted by Crippen LogP contribution is -3.12. The fraction of sp³-hybridized carbons (Fsp3) is 0.571. The molecule has 0 aliphatic carbocycles. The Bertz CT molecular complexity index is 1010. The van der Waals surface area contributed by atoms with Crippen LogP contribution in [0.5, 0.6) is 0 Å². The zero-order chi connectivity index (χ0) is 19.9. The molecule has 0 radical (unpaired) electrons. The normalized spacial score (nSPS) is 16.1. The molecule has 3 aromatic rings. The molecule has 0 bridgehead atoms. The molecule has 0 atom stereocenters. The second-order valence-corrected chi connectivity index (χ2v) is 9.20. The maximum Gasteiger partial charge on any atom is 0.148 e. The van der Waals surface area contributed by atoms with Crippen LogP contribution in [0, 0.1) is 6.92 Å². The first-order chi connectivity index (χ1) is 13.4. The predicted octanol–water partition coefficient (Wildman–Crippen LogP) is 2.74. The molecule has 0 saturated carbocycles. The maximum atomic E-state index is 5.99. The molecule has 3 aromatic heterocycles. The van der Waals surface area contributed by atoms with E-state index in [0.29, 0.717) is 6.61 Å². The summed E-state index contributed by atoms with van der Waals surface area (Å²) >= 11 is 1.69. The third kappa shape index (κ3) is 3.71. The van der Waals surface area contributed by atoms with Crippen LogP contribution >= 0.6 is 11.3 Å². The molecule has 1 aliphatic heterocycles. The molecule has 1 aliphatic rings. The summed E-state index contributed by atoms with van der Waals surface area (Å²) in [5.41, 5.74) is 3.19. The van der Waals surface area contributed by atoms with E-state index in [0.717, 1.165) is 70.4 Å². The second kappa shape index (κ2) is 7.54. The SMILES string of the molecule is CC[NH+](CC)CCNc1nc(C)nc2c1sc1nc3c(cc12)COC(C)(C)C3. The number of pyridine rings is 1. The number of hydrogen-bond acceptors (Lipinski definition) is 6. The molecule has 0 spiro atoms. The third-order valence-corrected chi connectivity index (χ3v) is 6.67. The van der Waals surface area contributed by atoms with Crippen molar-refractivity contribution in [2.75, 3.05) is 31.5 Å². The molecule has 0 fully saturated rings. The average molecular weight is 401 g/mol. The van der Waals surface area contributed by atoms with Gasteiger partial charge in [-0.2, -0.15) is 0 Å². The number of nitrogens with one attached hydrogen (secondary N) is 2. The van der Waals surface area contributed by atoms with Gasteiger partial charge in [0.05, 0.1) is 54.3 Å². The minimum absolute atomic E-state index is 0.153. The minimum atomic E-state index is -0.153. The lowest BCUT2D eigenvalue weighted by molar-refractivity contribution is -0.894. The standard InChI is InChI=1S/C21H29N5OS/c1-6-26(7-2)9-8-22-19-18-17(23-13(3)24-19)15-10-14-12-27-21(4,5)11-16(14)25-20(15)28-18/h10H,6-9,11-12H2,1-5H3,(H,22,23,24)/p+1. The van der Waals surface area contributed by atoms with Crippen molar-refractivity contribution in [2.24, 2.45) is 0 Å². The Hall–Kier alpha value is -1.83. The zero-order valence-corrected chi connectivity index (χ0v) is 18.3. The first-order valence-corrected chi connectivity index (χ1v) is 11.0. The summed E-state index contributed by atoms with van der Waals surface area (Å²) in [6, 6.07) is 2.22. The minimum Gasteiger partial charge on any atom is -0.370 e. The van der Waals surface area contributed by atoms with Crippen molar-refractivity contribution in [3.63, 3.8) is 0 Å². The highest BCUT2D eigenvalue weighted by atomic mass is 32.1. The molecule has 0 unspecified atom stereocenters. The summed E-state index contributed by atoms with van der Waals surface area (Å²) in [6.07, 6.45) is 0.842. The van der Waals surface area contributed by atoms with Gasteiger partial charge in [0.25, 0.3) is 0 Å². The highest BCUT2D eigenvalue weighted by molar-refractivity contribution is 7.25. The van der Waals surface area contributed by atoms with Gasteiger partial charge in [0.1, 0.15) is 16.5 Å². The first-order valence-electron chi connectivity index (χ1n) is 10.2. The van der Waals surface area contributed by atoms with Crippen LogP contribution in [-0.4, -0.2) is 46.7 Å². The number of aryl methyl sites for hydroxylation is 1. The van der Waals surface area contributed by atoms with Crippen LogP contribution in [0.25, 0.3) is 20.4 Å². The smallest absolute Gasteiger partial charge is 0.148 e. The molecule has 0 aromatic carbocycles. The predicted molar refractivity (Wildman–Crippen MR) is 115 cm³/mol. The number of likely N-dealkylation sites (N-methyl/N-ethyl adjacent to an activating group) is 1. The first kappa shape index (κ1) is 19.5. The number of rotatable bonds is 6. The topological polar surface area (TPSA) is 64.4 Å². The molecular formula is C21H30N5OS+. The highest BCUT2D eigenvalue weighted by Gasteiger charge is 2.28. The van der Waals surface area contributed by atoms with E-state index in [4.69, 9.17) is 19.7 Å². The summed E-state index contributed by atoms with van der Waals surface area (Å²) in [6.45, 7) is 15.6. The van der Waals surface area contributed by atoms with Crippen molar-refractivity contribution in [1.29, 1.82) is 0 Å². The van der Waals surface area contributed by atoms with Gasteiger partial charge < -0.3 is 15.0 Å². The molecule has 4 heterocycles. The number of ether oxygens (including phenoxy) is 1. The summed E-state index contributed by atoms with van der Waals surface area (Å²) in [5, 5.41) is 4.67. The van der Waals surface area contributed by atoms with E-state index in [2.05, 4.69) is 39.1 Å². The number of fused-ring (bicyclic) bond motifs is 4. The van der Waals surface area contributed by atoms with E-state index in [1.165, 1.54) is 5.56 Å². The van der Waals surface area contributed by atoms with Crippen molar-refractivity contribution < 1.29 is 9.64 Å². The van der Waals surface area contributed by atoms with Gasteiger partial charge in [0.15, 0.2) is 0 Å². The van der Waals surface area contributed by atoms with Crippen LogP contribution in [0.3, 0.4) is 0 Å². The van der Waals surface area contributed by atoms with Crippen LogP contribution in [0.2, 0.25) is 0 Å². The van der Waals surface area contributed by atoms with Crippen LogP contribution in [0.1, 0.15) is 44.8 Å². The Balaban J connectivity index is 1.72. The van der Waals surface area contributed by atoms with E-state index in [1.54, 1.807) is 16.2 Å². The number of nitrogens with zero attached hydrogens (tertiary/aromatic N) is 3. The molecule has 7 heteroatoms. The summed E-state index contributed by atoms with van der Waals surface area (Å²) in [7, 11) is 0. The molecule has 0 amide bonds. The van der Waals surface area contributed by atoms with Gasteiger partial charge in [-0.25, -0.2) is 15.0 Å². The number of thiophene rings is 1. The maximum absolute atomic E-state index is 5.99. The Labute approximate surface area is 170 Å². The molecule has 0 saturated heterocycles. The van der Waals surface area contributed by atoms with Gasteiger partial charge in [-0.15, -0.1) is 11.3 Å². The van der Waals surface area contributed by atoms with Gasteiger partial charge in [0, 0.05) is 17.4 Å². The lowest BCUT2D eigenvalue weighted by Gasteiger charge is -2.30. The quantitative estimate of drug-likeness (QED) is 0.666. The molecule has 28 heavy (non-hydrogen) atoms. The molecule has 2 N–H and O–H groups in total. The van der Waals surface area contributed by atoms with Gasteiger partial charge in [-0.1, -0.05) is 0 Å². The Morgan fingerprint density at radius 3 is 2.75 bits per heavy atom. The fourth-order valence-corrected chi connectivity index (χ4v) is 4.93. The fourth-order valence-electron chi connectivity index (χ4n) is 3.85. The zero-order valence-electron chi connectivity index (χ0n) is 17.5. The van der Waals surface area contributed by atoms with E-state index in [-0.39, 0.29) is 5.60 Å². The van der Waals surface area contributed by atoms with Crippen LogP contribution in [0.15, 0.2) is 6.07 Å². The molecule has 4 rings (SSSR count). The van der Waals surface area contributed by atoms with Crippen molar-refractivity contribution in [3.8, 4) is 0 Å². The largest absolute Gasteiger partial charge is 0.370 e. The average Bonchev–Trinajstić information content (AvgIpc) is 3.00. The monoisotopic (exact) mass is 400 g/mol. The van der Waals surface area contributed by atoms with Crippen LogP contribution in [-0.2, 0) is 17.8 Å². The van der Waals surface area contributed by atoms with Gasteiger partial charge in [-0.3, -0.25) is 0 Å². The van der Waals surface area contributed by atoms with E-state index in [9.17, 15) is 0 Å². The highest BCUT2D eigenvalue weighted by Crippen LogP contribution is 2.38. The van der Waals surface area contributed by atoms with Gasteiger partial charge >= 0.3 is 0 Å². The molecular weight excluding hydrogens is 370 g/mol. The van der Waals surface area contributed by atoms with E-state index in [1.807, 2.05) is 6.92 Å². The Morgan fingerprint density at radius 2 is 2.00 bits per heavy atom. The molecule has 6 nitrogen and oxygen atoms in total. The number of aromatic nitrogens is 3. The van der Waals surface area contributed by atoms with Gasteiger partial charge in [0.2, 0.25) is 0 Å². The third-order valence-electron chi connectivity index (χ3n) is 5.57. The van der Waals surface area contributed by atoms with Crippen molar-refractivity contribution in [2.45, 2.75) is 53.2 Å². The van der Waals surface area contributed by atoms with E-state index < -0.39 is 0 Å². The van der Waals surface area contributed by atoms with Crippen LogP contribution < -0.4 is 10.2 Å². The summed E-state index contributed by atoms with van der Waals surface area (Å²) < 4.78 is 7.09. The summed E-state index contributed by atoms with van der Waals surface area (Å²) in [5.74, 6) is 1.73. The van der Waals surface area contributed by atoms with Crippen molar-refractivity contribution in [1.82, 2.24) is 15.0 Å². The summed E-state index contributed by atoms with van der Waals surface area (Å²) in [4.78, 5) is 17.1. The van der Waals surface area contributed by atoms with Gasteiger partial charge in [-0.05, 0) is 40.7 Å². The Kier molecular flexibility index (Phi) is 5.24. The van der Waals surface area contributed by atoms with Crippen molar-refractivity contribution in [3.05, 3.63) is 23.1 Å². The number of hydrogen-bond donors (Lipinski definition) is 2. The second-order valence-electron chi connectivity index (χ2n) is 8.21. The lowest BCUT2D eigenvalue weighted by atomic mass is 9.95. The number of quaternary nitrogens is 1. The molecule has 150 valence electrons. The Morgan fingerprint density at radius 1 is 1.21 bits per heavy atom. The van der Waals surface area contributed by atoms with Crippen molar-refractivity contribution >= 4 is 37.6 Å². The van der Waals surface area contributed by atoms with Crippen LogP contribution in [0.4, 0.5) is 5.82 Å². The number of anilines is 1. The van der Waals surface area contributed by atoms with E-state index >= 15 is 0 Å².